The van der Waals surface area contributed by atoms with E-state index in [-0.39, 0.29) is 0 Å². The first-order valence-corrected chi connectivity index (χ1v) is 7.13. The molecule has 3 N–H and O–H groups in total. The highest BCUT2D eigenvalue weighted by Crippen LogP contribution is 2.26. The first-order chi connectivity index (χ1) is 8.11. The van der Waals surface area contributed by atoms with Gasteiger partial charge in [0.15, 0.2) is 0 Å². The maximum Gasteiger partial charge on any atom is 0.115 e. The van der Waals surface area contributed by atoms with Crippen molar-refractivity contribution in [2.75, 3.05) is 12.3 Å². The zero-order valence-electron chi connectivity index (χ0n) is 10.0. The van der Waals surface area contributed by atoms with Crippen LogP contribution in [0.1, 0.15) is 26.2 Å². The Kier molecular flexibility index (Phi) is 6.27. The van der Waals surface area contributed by atoms with Crippen molar-refractivity contribution in [1.82, 2.24) is 4.98 Å². The van der Waals surface area contributed by atoms with Gasteiger partial charge in [-0.05, 0) is 37.1 Å². The molecule has 1 rings (SSSR count). The summed E-state index contributed by atoms with van der Waals surface area (Å²) in [7, 11) is 0. The fraction of sp³-hybridized carbons (Fsp3) is 0.583. The molecule has 0 radical (unpaired) electrons. The van der Waals surface area contributed by atoms with E-state index in [9.17, 15) is 5.11 Å². The van der Waals surface area contributed by atoms with Gasteiger partial charge in [-0.25, -0.2) is 4.98 Å². The highest BCUT2D eigenvalue weighted by Gasteiger charge is 2.21. The summed E-state index contributed by atoms with van der Waals surface area (Å²) in [5.41, 5.74) is 4.83. The minimum Gasteiger partial charge on any atom is -0.389 e. The SMILES string of the molecule is CCC(O)(CN)CCCSc1ncccc1Cl. The lowest BCUT2D eigenvalue weighted by Crippen LogP contribution is -2.36. The number of aromatic nitrogens is 1. The molecular formula is C12H19ClN2OS. The van der Waals surface area contributed by atoms with E-state index in [0.717, 1.165) is 23.6 Å². The molecule has 1 atom stereocenters. The molecule has 3 nitrogen and oxygen atoms in total. The third kappa shape index (κ3) is 4.84. The van der Waals surface area contributed by atoms with Gasteiger partial charge in [-0.1, -0.05) is 18.5 Å². The summed E-state index contributed by atoms with van der Waals surface area (Å²) in [5, 5.41) is 11.5. The second kappa shape index (κ2) is 7.21. The van der Waals surface area contributed by atoms with Gasteiger partial charge in [0, 0.05) is 12.7 Å². The molecule has 0 spiro atoms. The third-order valence-corrected chi connectivity index (χ3v) is 4.30. The molecular weight excluding hydrogens is 256 g/mol. The van der Waals surface area contributed by atoms with Crippen molar-refractivity contribution in [2.24, 2.45) is 5.73 Å². The first-order valence-electron chi connectivity index (χ1n) is 5.77. The summed E-state index contributed by atoms with van der Waals surface area (Å²) < 4.78 is 0. The Bertz CT molecular complexity index is 345. The minimum absolute atomic E-state index is 0.318. The molecule has 1 heterocycles. The number of hydrogen-bond donors (Lipinski definition) is 2. The fourth-order valence-electron chi connectivity index (χ4n) is 1.47. The van der Waals surface area contributed by atoms with Gasteiger partial charge in [-0.3, -0.25) is 0 Å². The summed E-state index contributed by atoms with van der Waals surface area (Å²) in [6.07, 6.45) is 4.05. The van der Waals surface area contributed by atoms with Crippen LogP contribution in [0.2, 0.25) is 5.02 Å². The summed E-state index contributed by atoms with van der Waals surface area (Å²) in [4.78, 5) is 4.20. The molecule has 0 amide bonds. The van der Waals surface area contributed by atoms with Crippen LogP contribution in [0, 0.1) is 0 Å². The van der Waals surface area contributed by atoms with Crippen molar-refractivity contribution in [1.29, 1.82) is 0 Å². The van der Waals surface area contributed by atoms with Crippen LogP contribution in [0.5, 0.6) is 0 Å². The van der Waals surface area contributed by atoms with Crippen LogP contribution in [-0.4, -0.2) is 28.0 Å². The molecule has 0 aliphatic rings. The molecule has 0 saturated heterocycles. The van der Waals surface area contributed by atoms with Crippen molar-refractivity contribution in [3.05, 3.63) is 23.4 Å². The van der Waals surface area contributed by atoms with E-state index in [1.54, 1.807) is 18.0 Å². The van der Waals surface area contributed by atoms with E-state index >= 15 is 0 Å². The highest BCUT2D eigenvalue weighted by molar-refractivity contribution is 7.99. The van der Waals surface area contributed by atoms with Crippen LogP contribution in [0.25, 0.3) is 0 Å². The Balaban J connectivity index is 2.32. The van der Waals surface area contributed by atoms with Gasteiger partial charge >= 0.3 is 0 Å². The number of halogens is 1. The van der Waals surface area contributed by atoms with Gasteiger partial charge in [0.2, 0.25) is 0 Å². The van der Waals surface area contributed by atoms with Crippen LogP contribution >= 0.6 is 23.4 Å². The molecule has 96 valence electrons. The Morgan fingerprint density at radius 2 is 2.35 bits per heavy atom. The average molecular weight is 275 g/mol. The van der Waals surface area contributed by atoms with Crippen molar-refractivity contribution in [3.63, 3.8) is 0 Å². The van der Waals surface area contributed by atoms with Crippen LogP contribution in [0.3, 0.4) is 0 Å². The number of pyridine rings is 1. The molecule has 5 heteroatoms. The second-order valence-corrected chi connectivity index (χ2v) is 5.52. The largest absolute Gasteiger partial charge is 0.389 e. The monoisotopic (exact) mass is 274 g/mol. The summed E-state index contributed by atoms with van der Waals surface area (Å²) >= 11 is 7.61. The van der Waals surface area contributed by atoms with Gasteiger partial charge in [-0.15, -0.1) is 11.8 Å². The second-order valence-electron chi connectivity index (χ2n) is 4.02. The molecule has 1 unspecified atom stereocenters. The molecule has 0 fully saturated rings. The number of thioether (sulfide) groups is 1. The maximum absolute atomic E-state index is 10.0. The van der Waals surface area contributed by atoms with E-state index in [1.165, 1.54) is 0 Å². The van der Waals surface area contributed by atoms with Gasteiger partial charge in [0.05, 0.1) is 10.6 Å². The Morgan fingerprint density at radius 1 is 1.59 bits per heavy atom. The highest BCUT2D eigenvalue weighted by atomic mass is 35.5. The smallest absolute Gasteiger partial charge is 0.115 e. The van der Waals surface area contributed by atoms with E-state index in [0.29, 0.717) is 18.0 Å². The molecule has 0 saturated carbocycles. The predicted octanol–water partition coefficient (Wildman–Crippen LogP) is 2.71. The minimum atomic E-state index is -0.714. The standard InChI is InChI=1S/C12H19ClN2OS/c1-2-12(16,9-14)6-4-8-17-11-10(13)5-3-7-15-11/h3,5,7,16H,2,4,6,8-9,14H2,1H3. The van der Waals surface area contributed by atoms with Gasteiger partial charge in [0.1, 0.15) is 5.03 Å². The topological polar surface area (TPSA) is 59.1 Å². The fourth-order valence-corrected chi connectivity index (χ4v) is 2.58. The maximum atomic E-state index is 10.0. The quantitative estimate of drug-likeness (QED) is 0.593. The predicted molar refractivity (Wildman–Crippen MR) is 73.5 cm³/mol. The van der Waals surface area contributed by atoms with Crippen LogP contribution in [0.15, 0.2) is 23.4 Å². The van der Waals surface area contributed by atoms with Crippen molar-refractivity contribution >= 4 is 23.4 Å². The van der Waals surface area contributed by atoms with Crippen molar-refractivity contribution in [2.45, 2.75) is 36.8 Å². The summed E-state index contributed by atoms with van der Waals surface area (Å²) in [5.74, 6) is 0.888. The van der Waals surface area contributed by atoms with E-state index in [1.807, 2.05) is 19.1 Å². The zero-order valence-corrected chi connectivity index (χ0v) is 11.6. The summed E-state index contributed by atoms with van der Waals surface area (Å²) in [6, 6.07) is 3.65. The Hall–Kier alpha value is -0.290. The third-order valence-electron chi connectivity index (χ3n) is 2.79. The number of aliphatic hydroxyl groups is 1. The van der Waals surface area contributed by atoms with E-state index < -0.39 is 5.60 Å². The lowest BCUT2D eigenvalue weighted by molar-refractivity contribution is 0.0360. The molecule has 0 aliphatic heterocycles. The Labute approximate surface area is 112 Å². The molecule has 1 aromatic heterocycles. The first kappa shape index (κ1) is 14.8. The van der Waals surface area contributed by atoms with Crippen LogP contribution in [-0.2, 0) is 0 Å². The molecule has 0 aromatic carbocycles. The number of nitrogens with two attached hydrogens (primary N) is 1. The number of nitrogens with zero attached hydrogens (tertiary/aromatic N) is 1. The van der Waals surface area contributed by atoms with Crippen LogP contribution < -0.4 is 5.73 Å². The van der Waals surface area contributed by atoms with Gasteiger partial charge in [-0.2, -0.15) is 0 Å². The van der Waals surface area contributed by atoms with Crippen molar-refractivity contribution in [3.8, 4) is 0 Å². The average Bonchev–Trinajstić information content (AvgIpc) is 2.36. The lowest BCUT2D eigenvalue weighted by Gasteiger charge is -2.24. The Morgan fingerprint density at radius 3 is 2.94 bits per heavy atom. The normalized spacial score (nSPS) is 14.6. The number of rotatable bonds is 7. The molecule has 1 aromatic rings. The lowest BCUT2D eigenvalue weighted by atomic mass is 9.95. The zero-order chi connectivity index (χ0) is 12.7. The van der Waals surface area contributed by atoms with Gasteiger partial charge < -0.3 is 10.8 Å². The van der Waals surface area contributed by atoms with Crippen molar-refractivity contribution < 1.29 is 5.11 Å². The van der Waals surface area contributed by atoms with E-state index in [4.69, 9.17) is 17.3 Å². The molecule has 0 aliphatic carbocycles. The van der Waals surface area contributed by atoms with E-state index in [2.05, 4.69) is 4.98 Å². The number of hydrogen-bond acceptors (Lipinski definition) is 4. The van der Waals surface area contributed by atoms with Gasteiger partial charge in [0.25, 0.3) is 0 Å². The molecule has 17 heavy (non-hydrogen) atoms. The molecule has 0 bridgehead atoms. The van der Waals surface area contributed by atoms with Crippen LogP contribution in [0.4, 0.5) is 0 Å². The summed E-state index contributed by atoms with van der Waals surface area (Å²) in [6.45, 7) is 2.27.